The van der Waals surface area contributed by atoms with E-state index >= 15 is 0 Å². The molecular formula is C20H17FINO3S2. The van der Waals surface area contributed by atoms with Crippen LogP contribution >= 0.6 is 46.6 Å². The Labute approximate surface area is 186 Å². The van der Waals surface area contributed by atoms with E-state index in [0.29, 0.717) is 39.6 Å². The van der Waals surface area contributed by atoms with Crippen LogP contribution in [-0.4, -0.2) is 23.4 Å². The summed E-state index contributed by atoms with van der Waals surface area (Å²) in [5, 5.41) is 0. The molecule has 0 atom stereocenters. The van der Waals surface area contributed by atoms with Crippen molar-refractivity contribution in [1.82, 2.24) is 0 Å². The first-order valence-electron chi connectivity index (χ1n) is 8.57. The molecule has 28 heavy (non-hydrogen) atoms. The SMILES string of the molecule is CCOc1cc(/C=C2\SC(=S)N(c3cccc(F)c3)C2=O)cc(I)c1OCC. The van der Waals surface area contributed by atoms with Crippen LogP contribution in [0, 0.1) is 9.39 Å². The molecule has 0 radical (unpaired) electrons. The highest BCUT2D eigenvalue weighted by atomic mass is 127. The monoisotopic (exact) mass is 529 g/mol. The van der Waals surface area contributed by atoms with Crippen LogP contribution in [0.25, 0.3) is 6.08 Å². The number of carbonyl (C=O) groups excluding carboxylic acids is 1. The minimum atomic E-state index is -0.419. The molecule has 1 amide bonds. The zero-order valence-corrected chi connectivity index (χ0v) is 19.0. The maximum atomic E-state index is 13.6. The molecule has 3 rings (SSSR count). The molecule has 2 aromatic carbocycles. The number of benzene rings is 2. The van der Waals surface area contributed by atoms with Gasteiger partial charge in [0.05, 0.1) is 27.4 Å². The van der Waals surface area contributed by atoms with Gasteiger partial charge in [0.1, 0.15) is 5.82 Å². The van der Waals surface area contributed by atoms with Crippen LogP contribution < -0.4 is 14.4 Å². The predicted molar refractivity (Wildman–Crippen MR) is 124 cm³/mol. The van der Waals surface area contributed by atoms with Crippen LogP contribution in [0.15, 0.2) is 41.3 Å². The average molecular weight is 529 g/mol. The zero-order chi connectivity index (χ0) is 20.3. The fraction of sp³-hybridized carbons (Fsp3) is 0.200. The molecule has 0 saturated carbocycles. The Balaban J connectivity index is 1.95. The van der Waals surface area contributed by atoms with Crippen molar-refractivity contribution in [3.63, 3.8) is 0 Å². The fourth-order valence-electron chi connectivity index (χ4n) is 2.68. The fourth-order valence-corrected chi connectivity index (χ4v) is 4.76. The van der Waals surface area contributed by atoms with Crippen molar-refractivity contribution in [3.05, 3.63) is 56.3 Å². The first kappa shape index (κ1) is 21.1. The number of ether oxygens (including phenoxy) is 2. The van der Waals surface area contributed by atoms with E-state index < -0.39 is 5.82 Å². The van der Waals surface area contributed by atoms with Crippen LogP contribution in [0.4, 0.5) is 10.1 Å². The second-order valence-electron chi connectivity index (χ2n) is 5.69. The summed E-state index contributed by atoms with van der Waals surface area (Å²) in [5.41, 5.74) is 1.22. The lowest BCUT2D eigenvalue weighted by molar-refractivity contribution is -0.113. The Morgan fingerprint density at radius 3 is 2.64 bits per heavy atom. The number of thioether (sulfide) groups is 1. The van der Waals surface area contributed by atoms with Gasteiger partial charge in [-0.1, -0.05) is 30.0 Å². The predicted octanol–water partition coefficient (Wildman–Crippen LogP) is 5.63. The third kappa shape index (κ3) is 4.49. The lowest BCUT2D eigenvalue weighted by Gasteiger charge is -2.14. The molecule has 1 aliphatic heterocycles. The van der Waals surface area contributed by atoms with Crippen LogP contribution in [0.5, 0.6) is 11.5 Å². The van der Waals surface area contributed by atoms with E-state index in [1.54, 1.807) is 18.2 Å². The molecule has 0 unspecified atom stereocenters. The maximum Gasteiger partial charge on any atom is 0.270 e. The van der Waals surface area contributed by atoms with Gasteiger partial charge in [-0.15, -0.1) is 0 Å². The summed E-state index contributed by atoms with van der Waals surface area (Å²) in [7, 11) is 0. The second kappa shape index (κ2) is 9.23. The van der Waals surface area contributed by atoms with Gasteiger partial charge >= 0.3 is 0 Å². The maximum absolute atomic E-state index is 13.6. The van der Waals surface area contributed by atoms with Gasteiger partial charge in [0.15, 0.2) is 15.8 Å². The van der Waals surface area contributed by atoms with Crippen LogP contribution in [0.3, 0.4) is 0 Å². The van der Waals surface area contributed by atoms with Crippen molar-refractivity contribution in [3.8, 4) is 11.5 Å². The van der Waals surface area contributed by atoms with Crippen LogP contribution in [0.1, 0.15) is 19.4 Å². The van der Waals surface area contributed by atoms with E-state index in [-0.39, 0.29) is 5.91 Å². The highest BCUT2D eigenvalue weighted by Gasteiger charge is 2.33. The number of amides is 1. The van der Waals surface area contributed by atoms with Gasteiger partial charge in [-0.3, -0.25) is 9.69 Å². The van der Waals surface area contributed by atoms with Gasteiger partial charge in [-0.25, -0.2) is 4.39 Å². The molecule has 2 aromatic rings. The van der Waals surface area contributed by atoms with Gasteiger partial charge in [-0.05, 0) is 78.4 Å². The van der Waals surface area contributed by atoms with E-state index in [0.717, 1.165) is 9.13 Å². The largest absolute Gasteiger partial charge is 0.490 e. The highest BCUT2D eigenvalue weighted by Crippen LogP contribution is 2.39. The number of hydrogen-bond acceptors (Lipinski definition) is 5. The van der Waals surface area contributed by atoms with E-state index in [1.807, 2.05) is 26.0 Å². The molecule has 8 heteroatoms. The summed E-state index contributed by atoms with van der Waals surface area (Å²) in [6.45, 7) is 4.85. The number of anilines is 1. The highest BCUT2D eigenvalue weighted by molar-refractivity contribution is 14.1. The van der Waals surface area contributed by atoms with E-state index in [2.05, 4.69) is 22.6 Å². The number of rotatable bonds is 6. The molecule has 0 bridgehead atoms. The summed E-state index contributed by atoms with van der Waals surface area (Å²) >= 11 is 8.72. The molecule has 0 aromatic heterocycles. The lowest BCUT2D eigenvalue weighted by Crippen LogP contribution is -2.27. The normalized spacial score (nSPS) is 15.4. The number of halogens is 2. The van der Waals surface area contributed by atoms with Crippen LogP contribution in [-0.2, 0) is 4.79 Å². The van der Waals surface area contributed by atoms with Gasteiger partial charge in [0, 0.05) is 0 Å². The third-order valence-electron chi connectivity index (χ3n) is 3.78. The number of nitrogens with zero attached hydrogens (tertiary/aromatic N) is 1. The minimum Gasteiger partial charge on any atom is -0.490 e. The Morgan fingerprint density at radius 1 is 1.21 bits per heavy atom. The van der Waals surface area contributed by atoms with Crippen molar-refractivity contribution in [2.75, 3.05) is 18.1 Å². The minimum absolute atomic E-state index is 0.276. The molecule has 1 fully saturated rings. The Hall–Kier alpha value is -1.65. The smallest absolute Gasteiger partial charge is 0.270 e. The third-order valence-corrected chi connectivity index (χ3v) is 5.88. The Bertz CT molecular complexity index is 964. The summed E-state index contributed by atoms with van der Waals surface area (Å²) in [4.78, 5) is 14.7. The van der Waals surface area contributed by atoms with Gasteiger partial charge in [-0.2, -0.15) is 0 Å². The molecule has 0 aliphatic carbocycles. The van der Waals surface area contributed by atoms with Crippen molar-refractivity contribution >= 4 is 68.6 Å². The lowest BCUT2D eigenvalue weighted by atomic mass is 10.1. The number of carbonyl (C=O) groups is 1. The van der Waals surface area contributed by atoms with Gasteiger partial charge < -0.3 is 9.47 Å². The first-order chi connectivity index (χ1) is 13.4. The molecule has 146 valence electrons. The first-order valence-corrected chi connectivity index (χ1v) is 10.9. The van der Waals surface area contributed by atoms with Gasteiger partial charge in [0.25, 0.3) is 5.91 Å². The van der Waals surface area contributed by atoms with Crippen molar-refractivity contribution in [2.24, 2.45) is 0 Å². The molecule has 4 nitrogen and oxygen atoms in total. The number of hydrogen-bond donors (Lipinski definition) is 0. The molecule has 1 saturated heterocycles. The van der Waals surface area contributed by atoms with E-state index in [1.165, 1.54) is 28.8 Å². The van der Waals surface area contributed by atoms with Crippen LogP contribution in [0.2, 0.25) is 0 Å². The summed E-state index contributed by atoms with van der Waals surface area (Å²) in [6.07, 6.45) is 1.76. The Morgan fingerprint density at radius 2 is 1.96 bits per heavy atom. The molecule has 1 heterocycles. The molecular weight excluding hydrogens is 512 g/mol. The van der Waals surface area contributed by atoms with E-state index in [9.17, 15) is 9.18 Å². The van der Waals surface area contributed by atoms with Crippen molar-refractivity contribution < 1.29 is 18.7 Å². The standard InChI is InChI=1S/C20H17FINO3S2/c1-3-25-16-9-12(8-15(22)18(16)26-4-2)10-17-19(24)23(20(27)28-17)14-7-5-6-13(21)11-14/h5-11H,3-4H2,1-2H3/b17-10-. The molecule has 1 aliphatic rings. The van der Waals surface area contributed by atoms with Gasteiger partial charge in [0.2, 0.25) is 0 Å². The second-order valence-corrected chi connectivity index (χ2v) is 8.53. The van der Waals surface area contributed by atoms with Crippen molar-refractivity contribution in [2.45, 2.75) is 13.8 Å². The summed E-state index contributed by atoms with van der Waals surface area (Å²) in [6, 6.07) is 9.59. The summed E-state index contributed by atoms with van der Waals surface area (Å²) in [5.74, 6) is 0.623. The topological polar surface area (TPSA) is 38.8 Å². The molecule has 0 spiro atoms. The zero-order valence-electron chi connectivity index (χ0n) is 15.2. The van der Waals surface area contributed by atoms with Crippen molar-refractivity contribution in [1.29, 1.82) is 0 Å². The number of thiocarbonyl (C=S) groups is 1. The summed E-state index contributed by atoms with van der Waals surface area (Å²) < 4.78 is 26.2. The van der Waals surface area contributed by atoms with E-state index in [4.69, 9.17) is 21.7 Å². The molecule has 0 N–H and O–H groups in total. The Kier molecular flexibility index (Phi) is 6.95. The average Bonchev–Trinajstić information content (AvgIpc) is 2.91. The quantitative estimate of drug-likeness (QED) is 0.276.